The Hall–Kier alpha value is -2.46. The Morgan fingerprint density at radius 3 is 2.59 bits per heavy atom. The molecule has 0 aliphatic carbocycles. The second-order valence-corrected chi connectivity index (χ2v) is 10.2. The van der Waals surface area contributed by atoms with E-state index in [-0.39, 0.29) is 29.7 Å². The molecular weight excluding hydrogens is 454 g/mol. The van der Waals surface area contributed by atoms with Crippen molar-refractivity contribution in [1.82, 2.24) is 4.31 Å². The second kappa shape index (κ2) is 9.19. The number of halogens is 1. The highest BCUT2D eigenvalue weighted by atomic mass is 35.5. The van der Waals surface area contributed by atoms with Crippen LogP contribution >= 0.6 is 11.6 Å². The molecule has 170 valence electrons. The van der Waals surface area contributed by atoms with Crippen LogP contribution in [0, 0.1) is 12.8 Å². The van der Waals surface area contributed by atoms with Gasteiger partial charge in [-0.2, -0.15) is 4.31 Å². The van der Waals surface area contributed by atoms with Crippen molar-refractivity contribution in [2.45, 2.75) is 18.2 Å². The zero-order chi connectivity index (χ0) is 22.9. The Morgan fingerprint density at radius 2 is 1.88 bits per heavy atom. The molecule has 2 aromatic carbocycles. The van der Waals surface area contributed by atoms with Crippen LogP contribution in [0.15, 0.2) is 47.4 Å². The first-order valence-corrected chi connectivity index (χ1v) is 12.1. The quantitative estimate of drug-likeness (QED) is 0.714. The summed E-state index contributed by atoms with van der Waals surface area (Å²) in [5.41, 5.74) is 1.71. The van der Waals surface area contributed by atoms with Gasteiger partial charge in [0.05, 0.1) is 34.7 Å². The third kappa shape index (κ3) is 4.52. The van der Waals surface area contributed by atoms with Crippen LogP contribution < -0.4 is 10.2 Å². The predicted molar refractivity (Wildman–Crippen MR) is 121 cm³/mol. The van der Waals surface area contributed by atoms with Gasteiger partial charge in [0.25, 0.3) is 0 Å². The number of carbonyl (C=O) groups excluding carboxylic acids is 2. The van der Waals surface area contributed by atoms with Crippen molar-refractivity contribution in [2.24, 2.45) is 5.92 Å². The van der Waals surface area contributed by atoms with Crippen LogP contribution in [0.4, 0.5) is 11.4 Å². The fourth-order valence-corrected chi connectivity index (χ4v) is 5.53. The number of hydrogen-bond acceptors (Lipinski definition) is 5. The van der Waals surface area contributed by atoms with E-state index in [0.29, 0.717) is 42.7 Å². The maximum atomic E-state index is 13.0. The van der Waals surface area contributed by atoms with Gasteiger partial charge >= 0.3 is 0 Å². The molecule has 2 saturated heterocycles. The Balaban J connectivity index is 1.51. The first-order chi connectivity index (χ1) is 15.3. The minimum absolute atomic E-state index is 0.0574. The van der Waals surface area contributed by atoms with Crippen LogP contribution in [0.25, 0.3) is 0 Å². The molecule has 1 unspecified atom stereocenters. The number of ether oxygens (including phenoxy) is 1. The van der Waals surface area contributed by atoms with Crippen molar-refractivity contribution in [2.75, 3.05) is 43.1 Å². The molecule has 2 amide bonds. The summed E-state index contributed by atoms with van der Waals surface area (Å²) < 4.78 is 32.5. The number of benzene rings is 2. The summed E-state index contributed by atoms with van der Waals surface area (Å²) in [5.74, 6) is -1.09. The fourth-order valence-electron chi connectivity index (χ4n) is 3.85. The van der Waals surface area contributed by atoms with E-state index in [4.69, 9.17) is 16.3 Å². The Morgan fingerprint density at radius 1 is 1.16 bits per heavy atom. The molecule has 1 N–H and O–H groups in total. The van der Waals surface area contributed by atoms with Crippen molar-refractivity contribution in [3.8, 4) is 0 Å². The van der Waals surface area contributed by atoms with Crippen molar-refractivity contribution in [1.29, 1.82) is 0 Å². The maximum Gasteiger partial charge on any atom is 0.243 e. The molecule has 2 aliphatic rings. The van der Waals surface area contributed by atoms with Gasteiger partial charge in [-0.1, -0.05) is 29.8 Å². The van der Waals surface area contributed by atoms with Crippen LogP contribution in [0.1, 0.15) is 12.0 Å². The minimum Gasteiger partial charge on any atom is -0.379 e. The smallest absolute Gasteiger partial charge is 0.243 e. The van der Waals surface area contributed by atoms with Crippen molar-refractivity contribution >= 4 is 44.8 Å². The van der Waals surface area contributed by atoms with E-state index in [0.717, 1.165) is 5.56 Å². The molecule has 2 fully saturated rings. The number of aryl methyl sites for hydroxylation is 1. The molecular formula is C22H24ClN3O5S. The second-order valence-electron chi connectivity index (χ2n) is 7.84. The molecule has 1 atom stereocenters. The molecule has 0 radical (unpaired) electrons. The molecule has 2 aromatic rings. The number of nitrogens with one attached hydrogen (secondary N) is 1. The van der Waals surface area contributed by atoms with Gasteiger partial charge in [-0.15, -0.1) is 0 Å². The zero-order valence-corrected chi connectivity index (χ0v) is 19.2. The van der Waals surface area contributed by atoms with Crippen LogP contribution in [-0.2, 0) is 24.3 Å². The van der Waals surface area contributed by atoms with E-state index in [1.54, 1.807) is 37.3 Å². The normalized spacial score (nSPS) is 19.9. The first-order valence-electron chi connectivity index (χ1n) is 10.3. The number of sulfonamides is 1. The maximum absolute atomic E-state index is 13.0. The molecule has 2 heterocycles. The lowest BCUT2D eigenvalue weighted by atomic mass is 10.1. The highest BCUT2D eigenvalue weighted by Gasteiger charge is 2.36. The summed E-state index contributed by atoms with van der Waals surface area (Å²) in [6.07, 6.45) is 0.0574. The highest BCUT2D eigenvalue weighted by molar-refractivity contribution is 7.89. The van der Waals surface area contributed by atoms with Gasteiger partial charge in [-0.05, 0) is 36.8 Å². The number of hydrogen-bond donors (Lipinski definition) is 1. The fraction of sp³-hybridized carbons (Fsp3) is 0.364. The summed E-state index contributed by atoms with van der Waals surface area (Å²) in [6, 6.07) is 11.7. The van der Waals surface area contributed by atoms with Crippen molar-refractivity contribution < 1.29 is 22.7 Å². The Kier molecular flexibility index (Phi) is 6.52. The standard InChI is InChI=1S/C22H24ClN3O5S/c1-15-6-7-17(32(29,30)25-8-10-31-11-9-25)13-19(15)24-22(28)16-12-21(27)26(14-16)20-5-3-2-4-18(20)23/h2-7,13,16H,8-12,14H2,1H3,(H,24,28). The largest absolute Gasteiger partial charge is 0.379 e. The number of anilines is 2. The lowest BCUT2D eigenvalue weighted by Crippen LogP contribution is -2.40. The SMILES string of the molecule is Cc1ccc(S(=O)(=O)N2CCOCC2)cc1NC(=O)C1CC(=O)N(c2ccccc2Cl)C1. The van der Waals surface area contributed by atoms with Gasteiger partial charge in [0.2, 0.25) is 21.8 Å². The summed E-state index contributed by atoms with van der Waals surface area (Å²) in [6.45, 7) is 3.29. The van der Waals surface area contributed by atoms with Crippen LogP contribution in [0.3, 0.4) is 0 Å². The van der Waals surface area contributed by atoms with E-state index in [2.05, 4.69) is 5.32 Å². The molecule has 10 heteroatoms. The number of rotatable bonds is 5. The summed E-state index contributed by atoms with van der Waals surface area (Å²) >= 11 is 6.21. The highest BCUT2D eigenvalue weighted by Crippen LogP contribution is 2.32. The van der Waals surface area contributed by atoms with Crippen LogP contribution in [-0.4, -0.2) is 57.4 Å². The van der Waals surface area contributed by atoms with Crippen LogP contribution in [0.2, 0.25) is 5.02 Å². The summed E-state index contributed by atoms with van der Waals surface area (Å²) in [4.78, 5) is 27.1. The van der Waals surface area contributed by atoms with Crippen molar-refractivity contribution in [3.05, 3.63) is 53.1 Å². The van der Waals surface area contributed by atoms with Crippen LogP contribution in [0.5, 0.6) is 0 Å². The monoisotopic (exact) mass is 477 g/mol. The van der Waals surface area contributed by atoms with Crippen molar-refractivity contribution in [3.63, 3.8) is 0 Å². The number of carbonyl (C=O) groups is 2. The number of nitrogens with zero attached hydrogens (tertiary/aromatic N) is 2. The lowest BCUT2D eigenvalue weighted by Gasteiger charge is -2.26. The lowest BCUT2D eigenvalue weighted by molar-refractivity contribution is -0.122. The van der Waals surface area contributed by atoms with E-state index < -0.39 is 15.9 Å². The van der Waals surface area contributed by atoms with Gasteiger partial charge in [-0.25, -0.2) is 8.42 Å². The zero-order valence-electron chi connectivity index (χ0n) is 17.6. The number of morpholine rings is 1. The van der Waals surface area contributed by atoms with E-state index in [9.17, 15) is 18.0 Å². The van der Waals surface area contributed by atoms with E-state index >= 15 is 0 Å². The average Bonchev–Trinajstić information content (AvgIpc) is 3.17. The summed E-state index contributed by atoms with van der Waals surface area (Å²) in [5, 5.41) is 3.26. The molecule has 4 rings (SSSR count). The molecule has 0 spiro atoms. The molecule has 0 saturated carbocycles. The third-order valence-corrected chi connectivity index (χ3v) is 7.93. The average molecular weight is 478 g/mol. The van der Waals surface area contributed by atoms with Gasteiger partial charge in [0.15, 0.2) is 0 Å². The Labute approximate surface area is 192 Å². The topological polar surface area (TPSA) is 96.0 Å². The van der Waals surface area contributed by atoms with E-state index in [1.807, 2.05) is 0 Å². The molecule has 0 aromatic heterocycles. The molecule has 32 heavy (non-hydrogen) atoms. The number of para-hydroxylation sites is 1. The van der Waals surface area contributed by atoms with Gasteiger partial charge in [0.1, 0.15) is 0 Å². The Bertz CT molecular complexity index is 1150. The van der Waals surface area contributed by atoms with Gasteiger partial charge in [0, 0.05) is 31.7 Å². The third-order valence-electron chi connectivity index (χ3n) is 5.71. The van der Waals surface area contributed by atoms with E-state index in [1.165, 1.54) is 21.3 Å². The predicted octanol–water partition coefficient (Wildman–Crippen LogP) is 2.66. The molecule has 8 nitrogen and oxygen atoms in total. The first kappa shape index (κ1) is 22.7. The van der Waals surface area contributed by atoms with Gasteiger partial charge in [-0.3, -0.25) is 9.59 Å². The molecule has 2 aliphatic heterocycles. The molecule has 0 bridgehead atoms. The van der Waals surface area contributed by atoms with Gasteiger partial charge < -0.3 is 15.0 Å². The summed E-state index contributed by atoms with van der Waals surface area (Å²) in [7, 11) is -3.69. The minimum atomic E-state index is -3.69. The number of amides is 2.